The van der Waals surface area contributed by atoms with Gasteiger partial charge in [0.05, 0.1) is 17.5 Å². The van der Waals surface area contributed by atoms with E-state index in [-0.39, 0.29) is 0 Å². The summed E-state index contributed by atoms with van der Waals surface area (Å²) in [5, 5.41) is 12.2. The molecule has 0 saturated carbocycles. The summed E-state index contributed by atoms with van der Waals surface area (Å²) in [7, 11) is 0. The van der Waals surface area contributed by atoms with Crippen LogP contribution >= 0.6 is 0 Å². The quantitative estimate of drug-likeness (QED) is 0.831. The normalized spacial score (nSPS) is 19.4. The van der Waals surface area contributed by atoms with Gasteiger partial charge in [-0.1, -0.05) is 0 Å². The van der Waals surface area contributed by atoms with Crippen molar-refractivity contribution in [1.82, 2.24) is 10.3 Å². The molecule has 1 aromatic heterocycles. The van der Waals surface area contributed by atoms with E-state index >= 15 is 0 Å². The molecule has 0 spiro atoms. The highest BCUT2D eigenvalue weighted by Gasteiger charge is 2.14. The van der Waals surface area contributed by atoms with Crippen LogP contribution in [0.3, 0.4) is 0 Å². The Hall–Kier alpha value is -1.60. The zero-order chi connectivity index (χ0) is 11.4. The monoisotopic (exact) mass is 217 g/mol. The van der Waals surface area contributed by atoms with E-state index < -0.39 is 0 Å². The van der Waals surface area contributed by atoms with Crippen LogP contribution in [0.4, 0.5) is 0 Å². The molecular formula is C12H15N3O. The second-order valence-corrected chi connectivity index (χ2v) is 4.02. The van der Waals surface area contributed by atoms with Gasteiger partial charge in [0, 0.05) is 12.1 Å². The standard InChI is InChI=1S/C12H15N3O/c1-9-10(6-13)5-12(7-15-9)16-8-11-3-2-4-14-11/h5,7,11,14H,2-4,8H2,1H3/t11-/m0/s1. The predicted molar refractivity (Wildman–Crippen MR) is 60.2 cm³/mol. The minimum absolute atomic E-state index is 0.437. The summed E-state index contributed by atoms with van der Waals surface area (Å²) in [6.45, 7) is 3.54. The number of nitrogens with one attached hydrogen (secondary N) is 1. The van der Waals surface area contributed by atoms with Crippen LogP contribution in [0.1, 0.15) is 24.1 Å². The third-order valence-electron chi connectivity index (χ3n) is 2.80. The van der Waals surface area contributed by atoms with E-state index in [1.165, 1.54) is 6.42 Å². The predicted octanol–water partition coefficient (Wildman–Crippen LogP) is 1.39. The molecule has 84 valence electrons. The lowest BCUT2D eigenvalue weighted by molar-refractivity contribution is 0.276. The van der Waals surface area contributed by atoms with E-state index in [1.54, 1.807) is 12.3 Å². The third kappa shape index (κ3) is 2.50. The number of aromatic nitrogens is 1. The molecule has 2 heterocycles. The van der Waals surface area contributed by atoms with Gasteiger partial charge in [-0.05, 0) is 26.3 Å². The molecule has 4 heteroatoms. The van der Waals surface area contributed by atoms with Gasteiger partial charge >= 0.3 is 0 Å². The second-order valence-electron chi connectivity index (χ2n) is 4.02. The van der Waals surface area contributed by atoms with Crippen LogP contribution in [0, 0.1) is 18.3 Å². The van der Waals surface area contributed by atoms with Crippen molar-refractivity contribution in [3.63, 3.8) is 0 Å². The molecule has 0 radical (unpaired) electrons. The van der Waals surface area contributed by atoms with Crippen molar-refractivity contribution in [3.05, 3.63) is 23.5 Å². The summed E-state index contributed by atoms with van der Waals surface area (Å²) >= 11 is 0. The average Bonchev–Trinajstić information content (AvgIpc) is 2.81. The molecule has 1 aromatic rings. The Morgan fingerprint density at radius 2 is 2.56 bits per heavy atom. The van der Waals surface area contributed by atoms with Crippen LogP contribution in [-0.2, 0) is 0 Å². The minimum Gasteiger partial charge on any atom is -0.490 e. The highest BCUT2D eigenvalue weighted by Crippen LogP contribution is 2.15. The van der Waals surface area contributed by atoms with Crippen molar-refractivity contribution in [2.75, 3.05) is 13.2 Å². The molecule has 16 heavy (non-hydrogen) atoms. The highest BCUT2D eigenvalue weighted by molar-refractivity contribution is 5.37. The Morgan fingerprint density at radius 1 is 1.69 bits per heavy atom. The Labute approximate surface area is 95.3 Å². The zero-order valence-corrected chi connectivity index (χ0v) is 9.36. The number of pyridine rings is 1. The van der Waals surface area contributed by atoms with Gasteiger partial charge in [0.1, 0.15) is 18.4 Å². The molecule has 4 nitrogen and oxygen atoms in total. The molecule has 1 aliphatic heterocycles. The number of hydrogen-bond donors (Lipinski definition) is 1. The van der Waals surface area contributed by atoms with E-state index in [0.29, 0.717) is 24.0 Å². The molecule has 1 N–H and O–H groups in total. The minimum atomic E-state index is 0.437. The van der Waals surface area contributed by atoms with Crippen LogP contribution in [0.2, 0.25) is 0 Å². The highest BCUT2D eigenvalue weighted by atomic mass is 16.5. The molecule has 1 saturated heterocycles. The largest absolute Gasteiger partial charge is 0.490 e. The summed E-state index contributed by atoms with van der Waals surface area (Å²) in [6, 6.07) is 4.29. The Morgan fingerprint density at radius 3 is 3.25 bits per heavy atom. The number of rotatable bonds is 3. The summed E-state index contributed by atoms with van der Waals surface area (Å²) < 4.78 is 5.61. The van der Waals surface area contributed by atoms with Gasteiger partial charge in [-0.3, -0.25) is 4.98 Å². The fourth-order valence-corrected chi connectivity index (χ4v) is 1.80. The van der Waals surface area contributed by atoms with Crippen LogP contribution in [0.5, 0.6) is 5.75 Å². The lowest BCUT2D eigenvalue weighted by Gasteiger charge is -2.12. The van der Waals surface area contributed by atoms with Crippen molar-refractivity contribution in [2.45, 2.75) is 25.8 Å². The van der Waals surface area contributed by atoms with E-state index in [9.17, 15) is 0 Å². The Balaban J connectivity index is 1.96. The van der Waals surface area contributed by atoms with Gasteiger partial charge in [-0.15, -0.1) is 0 Å². The zero-order valence-electron chi connectivity index (χ0n) is 9.36. The number of nitrogens with zero attached hydrogens (tertiary/aromatic N) is 2. The average molecular weight is 217 g/mol. The topological polar surface area (TPSA) is 57.9 Å². The Bertz CT molecular complexity index is 405. The van der Waals surface area contributed by atoms with E-state index in [2.05, 4.69) is 16.4 Å². The lowest BCUT2D eigenvalue weighted by atomic mass is 10.2. The van der Waals surface area contributed by atoms with E-state index in [4.69, 9.17) is 10.00 Å². The fraction of sp³-hybridized carbons (Fsp3) is 0.500. The van der Waals surface area contributed by atoms with Crippen molar-refractivity contribution in [1.29, 1.82) is 5.26 Å². The fourth-order valence-electron chi connectivity index (χ4n) is 1.80. The summed E-state index contributed by atoms with van der Waals surface area (Å²) in [4.78, 5) is 4.13. The third-order valence-corrected chi connectivity index (χ3v) is 2.80. The van der Waals surface area contributed by atoms with Gasteiger partial charge in [-0.25, -0.2) is 0 Å². The summed E-state index contributed by atoms with van der Waals surface area (Å²) in [6.07, 6.45) is 4.04. The number of ether oxygens (including phenoxy) is 1. The lowest BCUT2D eigenvalue weighted by Crippen LogP contribution is -2.28. The molecule has 0 aliphatic carbocycles. The van der Waals surface area contributed by atoms with Crippen molar-refractivity contribution in [3.8, 4) is 11.8 Å². The molecule has 0 unspecified atom stereocenters. The number of hydrogen-bond acceptors (Lipinski definition) is 4. The molecule has 1 atom stereocenters. The van der Waals surface area contributed by atoms with Gasteiger partial charge < -0.3 is 10.1 Å². The second kappa shape index (κ2) is 4.95. The molecule has 0 aromatic carbocycles. The molecule has 0 amide bonds. The molecule has 2 rings (SSSR count). The van der Waals surface area contributed by atoms with Crippen molar-refractivity contribution in [2.24, 2.45) is 0 Å². The first kappa shape index (κ1) is 10.9. The first-order valence-corrected chi connectivity index (χ1v) is 5.52. The summed E-state index contributed by atoms with van der Waals surface area (Å²) in [5.74, 6) is 0.677. The first-order chi connectivity index (χ1) is 7.79. The Kier molecular flexibility index (Phi) is 3.37. The van der Waals surface area contributed by atoms with E-state index in [0.717, 1.165) is 18.7 Å². The molecule has 0 bridgehead atoms. The van der Waals surface area contributed by atoms with Crippen molar-refractivity contribution >= 4 is 0 Å². The number of nitriles is 1. The van der Waals surface area contributed by atoms with Gasteiger partial charge in [0.2, 0.25) is 0 Å². The maximum atomic E-state index is 8.86. The van der Waals surface area contributed by atoms with Crippen LogP contribution in [0.25, 0.3) is 0 Å². The van der Waals surface area contributed by atoms with Gasteiger partial charge in [0.15, 0.2) is 0 Å². The maximum Gasteiger partial charge on any atom is 0.139 e. The molecule has 1 fully saturated rings. The SMILES string of the molecule is Cc1ncc(OC[C@@H]2CCCN2)cc1C#N. The summed E-state index contributed by atoms with van der Waals surface area (Å²) in [5.41, 5.74) is 1.32. The van der Waals surface area contributed by atoms with Crippen LogP contribution in [0.15, 0.2) is 12.3 Å². The van der Waals surface area contributed by atoms with Crippen molar-refractivity contribution < 1.29 is 4.74 Å². The molecular weight excluding hydrogens is 202 g/mol. The first-order valence-electron chi connectivity index (χ1n) is 5.52. The maximum absolute atomic E-state index is 8.86. The van der Waals surface area contributed by atoms with E-state index in [1.807, 2.05) is 6.92 Å². The smallest absolute Gasteiger partial charge is 0.139 e. The number of aryl methyl sites for hydroxylation is 1. The van der Waals surface area contributed by atoms with Crippen LogP contribution < -0.4 is 10.1 Å². The van der Waals surface area contributed by atoms with Crippen LogP contribution in [-0.4, -0.2) is 24.2 Å². The molecule has 1 aliphatic rings. The van der Waals surface area contributed by atoms with Gasteiger partial charge in [-0.2, -0.15) is 5.26 Å². The van der Waals surface area contributed by atoms with Gasteiger partial charge in [0.25, 0.3) is 0 Å².